The summed E-state index contributed by atoms with van der Waals surface area (Å²) >= 11 is 6.24. The van der Waals surface area contributed by atoms with E-state index in [1.54, 1.807) is 0 Å². The maximum Gasteiger partial charge on any atom is 0.141 e. The summed E-state index contributed by atoms with van der Waals surface area (Å²) in [5, 5.41) is 0.622. The third-order valence-electron chi connectivity index (χ3n) is 2.78. The first-order chi connectivity index (χ1) is 9.13. The first-order valence-corrected chi connectivity index (χ1v) is 7.00. The Labute approximate surface area is 121 Å². The third kappa shape index (κ3) is 4.36. The molecule has 0 saturated carbocycles. The molecule has 1 rings (SSSR count). The first kappa shape index (κ1) is 15.7. The van der Waals surface area contributed by atoms with Gasteiger partial charge in [-0.2, -0.15) is 0 Å². The van der Waals surface area contributed by atoms with E-state index in [-0.39, 0.29) is 5.92 Å². The van der Waals surface area contributed by atoms with Crippen molar-refractivity contribution in [3.63, 3.8) is 0 Å². The largest absolute Gasteiger partial charge is 0.493 e. The first-order valence-electron chi connectivity index (χ1n) is 6.62. The zero-order valence-electron chi connectivity index (χ0n) is 12.0. The molecule has 0 aliphatic rings. The molecule has 0 saturated heterocycles. The van der Waals surface area contributed by atoms with Crippen LogP contribution in [0.3, 0.4) is 0 Å². The van der Waals surface area contributed by atoms with Crippen molar-refractivity contribution in [3.8, 4) is 23.3 Å². The lowest BCUT2D eigenvalue weighted by Gasteiger charge is -2.17. The van der Waals surface area contributed by atoms with E-state index in [4.69, 9.17) is 21.1 Å². The fourth-order valence-electron chi connectivity index (χ4n) is 1.85. The van der Waals surface area contributed by atoms with E-state index in [0.29, 0.717) is 24.0 Å². The number of ether oxygens (including phenoxy) is 2. The van der Waals surface area contributed by atoms with E-state index in [0.717, 1.165) is 17.7 Å². The topological polar surface area (TPSA) is 18.5 Å². The fraction of sp³-hybridized carbons (Fsp3) is 0.500. The molecule has 19 heavy (non-hydrogen) atoms. The van der Waals surface area contributed by atoms with Crippen LogP contribution in [0.2, 0.25) is 5.02 Å². The SMILES string of the molecule is CC#CCC(C)c1cc(Cl)c(OCC)cc1OCC. The zero-order chi connectivity index (χ0) is 14.3. The second kappa shape index (κ2) is 7.96. The molecule has 0 N–H and O–H groups in total. The van der Waals surface area contributed by atoms with Crippen LogP contribution < -0.4 is 9.47 Å². The van der Waals surface area contributed by atoms with Gasteiger partial charge < -0.3 is 9.47 Å². The van der Waals surface area contributed by atoms with Gasteiger partial charge in [0.15, 0.2) is 0 Å². The van der Waals surface area contributed by atoms with E-state index in [1.165, 1.54) is 0 Å². The van der Waals surface area contributed by atoms with Gasteiger partial charge in [-0.25, -0.2) is 0 Å². The average Bonchev–Trinajstić information content (AvgIpc) is 2.40. The predicted molar refractivity (Wildman–Crippen MR) is 80.3 cm³/mol. The fourth-order valence-corrected chi connectivity index (χ4v) is 2.07. The van der Waals surface area contributed by atoms with Crippen molar-refractivity contribution in [1.82, 2.24) is 0 Å². The van der Waals surface area contributed by atoms with Crippen LogP contribution in [0, 0.1) is 11.8 Å². The van der Waals surface area contributed by atoms with Gasteiger partial charge in [0.25, 0.3) is 0 Å². The smallest absolute Gasteiger partial charge is 0.141 e. The van der Waals surface area contributed by atoms with Crippen molar-refractivity contribution in [2.75, 3.05) is 13.2 Å². The number of benzene rings is 1. The highest BCUT2D eigenvalue weighted by atomic mass is 35.5. The van der Waals surface area contributed by atoms with Crippen molar-refractivity contribution >= 4 is 11.6 Å². The zero-order valence-corrected chi connectivity index (χ0v) is 12.8. The number of rotatable bonds is 6. The molecule has 0 spiro atoms. The molecule has 3 heteroatoms. The molecule has 1 atom stereocenters. The number of hydrogen-bond acceptors (Lipinski definition) is 2. The van der Waals surface area contributed by atoms with Crippen molar-refractivity contribution < 1.29 is 9.47 Å². The minimum Gasteiger partial charge on any atom is -0.493 e. The Bertz CT molecular complexity index is 472. The molecule has 104 valence electrons. The second-order valence-corrected chi connectivity index (χ2v) is 4.63. The van der Waals surface area contributed by atoms with Gasteiger partial charge in [-0.05, 0) is 38.3 Å². The van der Waals surface area contributed by atoms with Gasteiger partial charge in [0.2, 0.25) is 0 Å². The monoisotopic (exact) mass is 280 g/mol. The van der Waals surface area contributed by atoms with Crippen molar-refractivity contribution in [1.29, 1.82) is 0 Å². The minimum absolute atomic E-state index is 0.280. The van der Waals surface area contributed by atoms with Gasteiger partial charge in [-0.15, -0.1) is 11.8 Å². The minimum atomic E-state index is 0.280. The molecular formula is C16H21ClO2. The maximum absolute atomic E-state index is 6.24. The lowest BCUT2D eigenvalue weighted by molar-refractivity contribution is 0.319. The summed E-state index contributed by atoms with van der Waals surface area (Å²) in [4.78, 5) is 0. The molecule has 0 aliphatic carbocycles. The Morgan fingerprint density at radius 1 is 1.16 bits per heavy atom. The van der Waals surface area contributed by atoms with Gasteiger partial charge in [0, 0.05) is 12.5 Å². The van der Waals surface area contributed by atoms with Crippen LogP contribution in [-0.2, 0) is 0 Å². The van der Waals surface area contributed by atoms with E-state index < -0.39 is 0 Å². The summed E-state index contributed by atoms with van der Waals surface area (Å²) in [7, 11) is 0. The van der Waals surface area contributed by atoms with Crippen LogP contribution >= 0.6 is 11.6 Å². The van der Waals surface area contributed by atoms with Gasteiger partial charge >= 0.3 is 0 Å². The summed E-state index contributed by atoms with van der Waals surface area (Å²) in [6.07, 6.45) is 0.793. The lowest BCUT2D eigenvalue weighted by atomic mass is 9.97. The molecule has 0 bridgehead atoms. The quantitative estimate of drug-likeness (QED) is 0.706. The van der Waals surface area contributed by atoms with Crippen LogP contribution in [0.5, 0.6) is 11.5 Å². The van der Waals surface area contributed by atoms with Crippen LogP contribution in [0.1, 0.15) is 45.6 Å². The number of halogens is 1. The maximum atomic E-state index is 6.24. The van der Waals surface area contributed by atoms with Crippen LogP contribution in [-0.4, -0.2) is 13.2 Å². The second-order valence-electron chi connectivity index (χ2n) is 4.22. The van der Waals surface area contributed by atoms with Gasteiger partial charge in [0.05, 0.1) is 18.2 Å². The highest BCUT2D eigenvalue weighted by molar-refractivity contribution is 6.32. The molecule has 0 fully saturated rings. The summed E-state index contributed by atoms with van der Waals surface area (Å²) in [5.41, 5.74) is 1.08. The van der Waals surface area contributed by atoms with Crippen LogP contribution in [0.4, 0.5) is 0 Å². The Balaban J connectivity index is 3.12. The van der Waals surface area contributed by atoms with Crippen LogP contribution in [0.15, 0.2) is 12.1 Å². The van der Waals surface area contributed by atoms with E-state index in [2.05, 4.69) is 18.8 Å². The molecule has 1 unspecified atom stereocenters. The average molecular weight is 281 g/mol. The Morgan fingerprint density at radius 3 is 2.37 bits per heavy atom. The van der Waals surface area contributed by atoms with Crippen molar-refractivity contribution in [3.05, 3.63) is 22.7 Å². The summed E-state index contributed by atoms with van der Waals surface area (Å²) in [6, 6.07) is 3.81. The summed E-state index contributed by atoms with van der Waals surface area (Å²) in [6.45, 7) is 9.08. The molecule has 1 aromatic rings. The molecule has 0 aliphatic heterocycles. The molecule has 1 aromatic carbocycles. The number of hydrogen-bond donors (Lipinski definition) is 0. The Kier molecular flexibility index (Phi) is 6.59. The van der Waals surface area contributed by atoms with E-state index in [1.807, 2.05) is 32.9 Å². The van der Waals surface area contributed by atoms with E-state index in [9.17, 15) is 0 Å². The van der Waals surface area contributed by atoms with Crippen molar-refractivity contribution in [2.45, 2.75) is 40.0 Å². The standard InChI is InChI=1S/C16H21ClO2/c1-5-8-9-12(4)13-10-14(17)16(19-7-3)11-15(13)18-6-2/h10-12H,6-7,9H2,1-4H3. The highest BCUT2D eigenvalue weighted by Gasteiger charge is 2.15. The van der Waals surface area contributed by atoms with Gasteiger partial charge in [-0.3, -0.25) is 0 Å². The molecule has 2 nitrogen and oxygen atoms in total. The molecular weight excluding hydrogens is 260 g/mol. The lowest BCUT2D eigenvalue weighted by Crippen LogP contribution is -2.02. The molecule has 0 radical (unpaired) electrons. The normalized spacial score (nSPS) is 11.4. The third-order valence-corrected chi connectivity index (χ3v) is 3.08. The van der Waals surface area contributed by atoms with Crippen LogP contribution in [0.25, 0.3) is 0 Å². The van der Waals surface area contributed by atoms with Gasteiger partial charge in [-0.1, -0.05) is 18.5 Å². The Morgan fingerprint density at radius 2 is 1.79 bits per heavy atom. The van der Waals surface area contributed by atoms with Crippen molar-refractivity contribution in [2.24, 2.45) is 0 Å². The predicted octanol–water partition coefficient (Wildman–Crippen LogP) is 4.65. The van der Waals surface area contributed by atoms with E-state index >= 15 is 0 Å². The molecule has 0 aromatic heterocycles. The summed E-state index contributed by atoms with van der Waals surface area (Å²) in [5.74, 6) is 7.80. The van der Waals surface area contributed by atoms with Gasteiger partial charge in [0.1, 0.15) is 11.5 Å². The summed E-state index contributed by atoms with van der Waals surface area (Å²) < 4.78 is 11.2. The Hall–Kier alpha value is -1.33. The molecule has 0 amide bonds. The highest BCUT2D eigenvalue weighted by Crippen LogP contribution is 2.37. The molecule has 0 heterocycles.